The van der Waals surface area contributed by atoms with E-state index in [4.69, 9.17) is 23.2 Å². The van der Waals surface area contributed by atoms with Gasteiger partial charge in [-0.3, -0.25) is 4.79 Å². The fourth-order valence-corrected chi connectivity index (χ4v) is 1.82. The lowest BCUT2D eigenvalue weighted by Crippen LogP contribution is -1.89. The number of rotatable bonds is 2. The average molecular weight is 268 g/mol. The van der Waals surface area contributed by atoms with Crippen molar-refractivity contribution in [3.05, 3.63) is 46.2 Å². The van der Waals surface area contributed by atoms with E-state index in [1.807, 2.05) is 0 Å². The Kier molecular flexibility index (Phi) is 3.31. The van der Waals surface area contributed by atoms with Crippen molar-refractivity contribution in [1.82, 2.24) is 4.98 Å². The van der Waals surface area contributed by atoms with Gasteiger partial charge in [0.05, 0.1) is 0 Å². The minimum Gasteiger partial charge on any atom is -0.506 e. The van der Waals surface area contributed by atoms with Crippen LogP contribution in [0.25, 0.3) is 11.1 Å². The molecule has 0 saturated carbocycles. The third-order valence-corrected chi connectivity index (χ3v) is 2.81. The summed E-state index contributed by atoms with van der Waals surface area (Å²) in [5, 5.41) is 10.6. The summed E-state index contributed by atoms with van der Waals surface area (Å²) in [7, 11) is 0. The van der Waals surface area contributed by atoms with E-state index in [-0.39, 0.29) is 11.4 Å². The van der Waals surface area contributed by atoms with Crippen LogP contribution in [-0.4, -0.2) is 16.4 Å². The van der Waals surface area contributed by atoms with E-state index in [0.29, 0.717) is 27.5 Å². The molecule has 0 atom stereocenters. The maximum Gasteiger partial charge on any atom is 0.172 e. The van der Waals surface area contributed by atoms with Crippen LogP contribution in [0.4, 0.5) is 0 Å². The van der Waals surface area contributed by atoms with Gasteiger partial charge in [-0.2, -0.15) is 0 Å². The smallest absolute Gasteiger partial charge is 0.172 e. The number of pyridine rings is 1. The van der Waals surface area contributed by atoms with Gasteiger partial charge in [0.25, 0.3) is 0 Å². The van der Waals surface area contributed by atoms with Crippen molar-refractivity contribution in [3.63, 3.8) is 0 Å². The second kappa shape index (κ2) is 4.73. The number of aromatic nitrogens is 1. The van der Waals surface area contributed by atoms with Crippen LogP contribution in [0.3, 0.4) is 0 Å². The van der Waals surface area contributed by atoms with Crippen LogP contribution in [0.2, 0.25) is 10.0 Å². The largest absolute Gasteiger partial charge is 0.506 e. The average Bonchev–Trinajstić information content (AvgIpc) is 2.32. The van der Waals surface area contributed by atoms with Crippen molar-refractivity contribution < 1.29 is 9.90 Å². The zero-order valence-electron chi connectivity index (χ0n) is 8.52. The number of aldehydes is 1. The van der Waals surface area contributed by atoms with E-state index in [9.17, 15) is 9.90 Å². The molecule has 86 valence electrons. The van der Waals surface area contributed by atoms with Gasteiger partial charge in [0.2, 0.25) is 0 Å². The van der Waals surface area contributed by atoms with E-state index in [0.717, 1.165) is 0 Å². The number of hydrogen-bond acceptors (Lipinski definition) is 3. The zero-order chi connectivity index (χ0) is 12.4. The second-order valence-electron chi connectivity index (χ2n) is 3.37. The third-order valence-electron chi connectivity index (χ3n) is 2.25. The zero-order valence-corrected chi connectivity index (χ0v) is 10.0. The van der Waals surface area contributed by atoms with Crippen LogP contribution in [-0.2, 0) is 0 Å². The van der Waals surface area contributed by atoms with Gasteiger partial charge in [-0.25, -0.2) is 4.98 Å². The SMILES string of the molecule is O=Cc1ncc(-c2cc(Cl)ccc2Cl)cc1O. The first kappa shape index (κ1) is 11.9. The Labute approximate surface area is 108 Å². The lowest BCUT2D eigenvalue weighted by Gasteiger charge is -2.06. The number of carbonyl (C=O) groups excluding carboxylic acids is 1. The molecule has 0 saturated heterocycles. The van der Waals surface area contributed by atoms with Crippen molar-refractivity contribution in [3.8, 4) is 16.9 Å². The van der Waals surface area contributed by atoms with Gasteiger partial charge in [0, 0.05) is 27.4 Å². The van der Waals surface area contributed by atoms with Crippen molar-refractivity contribution in [2.45, 2.75) is 0 Å². The van der Waals surface area contributed by atoms with Crippen molar-refractivity contribution in [2.75, 3.05) is 0 Å². The molecule has 2 aromatic rings. The minimum absolute atomic E-state index is 0.00750. The van der Waals surface area contributed by atoms with Crippen molar-refractivity contribution in [1.29, 1.82) is 0 Å². The molecule has 1 aromatic heterocycles. The van der Waals surface area contributed by atoms with E-state index in [1.54, 1.807) is 18.2 Å². The molecule has 1 heterocycles. The summed E-state index contributed by atoms with van der Waals surface area (Å²) in [5.74, 6) is -0.187. The fraction of sp³-hybridized carbons (Fsp3) is 0. The Bertz CT molecular complexity index is 585. The summed E-state index contributed by atoms with van der Waals surface area (Å²) in [6.45, 7) is 0. The Balaban J connectivity index is 2.57. The number of nitrogens with zero attached hydrogens (tertiary/aromatic N) is 1. The van der Waals surface area contributed by atoms with Gasteiger partial charge < -0.3 is 5.11 Å². The fourth-order valence-electron chi connectivity index (χ4n) is 1.42. The molecule has 0 radical (unpaired) electrons. The second-order valence-corrected chi connectivity index (χ2v) is 4.21. The van der Waals surface area contributed by atoms with Crippen LogP contribution < -0.4 is 0 Å². The first-order valence-corrected chi connectivity index (χ1v) is 5.47. The molecule has 0 bridgehead atoms. The van der Waals surface area contributed by atoms with Crippen LogP contribution in [0.1, 0.15) is 10.5 Å². The van der Waals surface area contributed by atoms with Gasteiger partial charge in [0.1, 0.15) is 11.4 Å². The van der Waals surface area contributed by atoms with Crippen LogP contribution >= 0.6 is 23.2 Å². The Hall–Kier alpha value is -1.58. The molecule has 3 nitrogen and oxygen atoms in total. The van der Waals surface area contributed by atoms with Crippen LogP contribution in [0.5, 0.6) is 5.75 Å². The highest BCUT2D eigenvalue weighted by Gasteiger charge is 2.08. The molecule has 17 heavy (non-hydrogen) atoms. The van der Waals surface area contributed by atoms with E-state index in [2.05, 4.69) is 4.98 Å². The highest BCUT2D eigenvalue weighted by Crippen LogP contribution is 2.32. The molecular weight excluding hydrogens is 261 g/mol. The Morgan fingerprint density at radius 1 is 1.24 bits per heavy atom. The number of aromatic hydroxyl groups is 1. The molecular formula is C12H7Cl2NO2. The van der Waals surface area contributed by atoms with Gasteiger partial charge in [-0.1, -0.05) is 23.2 Å². The van der Waals surface area contributed by atoms with Gasteiger partial charge in [-0.15, -0.1) is 0 Å². The maximum absolute atomic E-state index is 10.5. The number of hydrogen-bond donors (Lipinski definition) is 1. The minimum atomic E-state index is -0.187. The van der Waals surface area contributed by atoms with E-state index >= 15 is 0 Å². The summed E-state index contributed by atoms with van der Waals surface area (Å²) in [5.41, 5.74) is 1.24. The number of benzene rings is 1. The molecule has 5 heteroatoms. The van der Waals surface area contributed by atoms with E-state index < -0.39 is 0 Å². The first-order valence-electron chi connectivity index (χ1n) is 4.71. The molecule has 1 aromatic carbocycles. The quantitative estimate of drug-likeness (QED) is 0.847. The molecule has 1 N–H and O–H groups in total. The topological polar surface area (TPSA) is 50.2 Å². The molecule has 0 amide bonds. The summed E-state index contributed by atoms with van der Waals surface area (Å²) in [4.78, 5) is 14.4. The standard InChI is InChI=1S/C12H7Cl2NO2/c13-8-1-2-10(14)9(4-8)7-3-12(17)11(6-16)15-5-7/h1-6,17H. The predicted octanol–water partition coefficient (Wildman–Crippen LogP) is 3.57. The molecule has 0 aliphatic rings. The molecule has 2 rings (SSSR count). The Morgan fingerprint density at radius 2 is 2.00 bits per heavy atom. The summed E-state index contributed by atoms with van der Waals surface area (Å²) in [6.07, 6.45) is 1.94. The Morgan fingerprint density at radius 3 is 2.65 bits per heavy atom. The number of halogens is 2. The molecule has 0 aliphatic heterocycles. The molecule has 0 fully saturated rings. The predicted molar refractivity (Wildman–Crippen MR) is 66.7 cm³/mol. The van der Waals surface area contributed by atoms with Crippen LogP contribution in [0, 0.1) is 0 Å². The highest BCUT2D eigenvalue weighted by atomic mass is 35.5. The van der Waals surface area contributed by atoms with Gasteiger partial charge in [-0.05, 0) is 24.3 Å². The maximum atomic E-state index is 10.5. The monoisotopic (exact) mass is 267 g/mol. The van der Waals surface area contributed by atoms with Gasteiger partial charge >= 0.3 is 0 Å². The van der Waals surface area contributed by atoms with E-state index in [1.165, 1.54) is 12.3 Å². The van der Waals surface area contributed by atoms with Gasteiger partial charge in [0.15, 0.2) is 6.29 Å². The summed E-state index contributed by atoms with van der Waals surface area (Å²) >= 11 is 11.9. The summed E-state index contributed by atoms with van der Waals surface area (Å²) in [6, 6.07) is 6.42. The van der Waals surface area contributed by atoms with Crippen LogP contribution in [0.15, 0.2) is 30.5 Å². The van der Waals surface area contributed by atoms with Crippen molar-refractivity contribution in [2.24, 2.45) is 0 Å². The summed E-state index contributed by atoms with van der Waals surface area (Å²) < 4.78 is 0. The highest BCUT2D eigenvalue weighted by molar-refractivity contribution is 6.35. The normalized spacial score (nSPS) is 10.2. The first-order chi connectivity index (χ1) is 8.11. The lowest BCUT2D eigenvalue weighted by molar-refractivity contribution is 0.111. The number of carbonyl (C=O) groups is 1. The molecule has 0 spiro atoms. The van der Waals surface area contributed by atoms with Crippen molar-refractivity contribution >= 4 is 29.5 Å². The molecule has 0 aliphatic carbocycles. The third kappa shape index (κ3) is 2.40. The lowest BCUT2D eigenvalue weighted by atomic mass is 10.1. The molecule has 0 unspecified atom stereocenters.